The molecular weight excluding hydrogens is 262 g/mol. The van der Waals surface area contributed by atoms with Crippen LogP contribution < -0.4 is 10.6 Å². The van der Waals surface area contributed by atoms with E-state index in [1.165, 1.54) is 12.8 Å². The van der Waals surface area contributed by atoms with Crippen molar-refractivity contribution in [1.82, 2.24) is 14.4 Å². The number of aromatic nitrogens is 3. The Morgan fingerprint density at radius 3 is 2.67 bits per heavy atom. The van der Waals surface area contributed by atoms with Crippen LogP contribution in [0.4, 0.5) is 11.6 Å². The minimum atomic E-state index is 0.384. The molecule has 0 saturated carbocycles. The fourth-order valence-corrected chi connectivity index (χ4v) is 2.70. The van der Waals surface area contributed by atoms with Gasteiger partial charge in [-0.25, -0.2) is 9.97 Å². The molecule has 0 amide bonds. The van der Waals surface area contributed by atoms with E-state index in [2.05, 4.69) is 43.3 Å². The number of nitrogens with one attached hydrogen (secondary N) is 2. The SMILES string of the molecule is CCCNc1cn2ccnc2c(NC(C)C(CC)CC)n1. The van der Waals surface area contributed by atoms with E-state index in [4.69, 9.17) is 4.98 Å². The summed E-state index contributed by atoms with van der Waals surface area (Å²) in [5.74, 6) is 2.40. The summed E-state index contributed by atoms with van der Waals surface area (Å²) >= 11 is 0. The van der Waals surface area contributed by atoms with E-state index < -0.39 is 0 Å². The molecule has 2 N–H and O–H groups in total. The van der Waals surface area contributed by atoms with Gasteiger partial charge in [-0.15, -0.1) is 0 Å². The Kier molecular flexibility index (Phi) is 5.42. The second-order valence-electron chi connectivity index (χ2n) is 5.57. The van der Waals surface area contributed by atoms with Gasteiger partial charge in [0.05, 0.1) is 6.20 Å². The minimum Gasteiger partial charge on any atom is -0.369 e. The van der Waals surface area contributed by atoms with Crippen molar-refractivity contribution in [2.24, 2.45) is 5.92 Å². The van der Waals surface area contributed by atoms with Crippen LogP contribution in [-0.2, 0) is 0 Å². The first-order chi connectivity index (χ1) is 10.2. The molecule has 116 valence electrons. The molecule has 0 aliphatic carbocycles. The molecule has 5 heteroatoms. The van der Waals surface area contributed by atoms with Crippen molar-refractivity contribution >= 4 is 17.3 Å². The van der Waals surface area contributed by atoms with Crippen LogP contribution in [0.1, 0.15) is 47.0 Å². The first-order valence-electron chi connectivity index (χ1n) is 8.03. The zero-order valence-corrected chi connectivity index (χ0v) is 13.6. The number of hydrogen-bond acceptors (Lipinski definition) is 4. The maximum atomic E-state index is 4.70. The average Bonchev–Trinajstić information content (AvgIpc) is 2.95. The lowest BCUT2D eigenvalue weighted by Gasteiger charge is -2.23. The Balaban J connectivity index is 2.26. The Morgan fingerprint density at radius 1 is 1.24 bits per heavy atom. The molecule has 0 fully saturated rings. The zero-order valence-electron chi connectivity index (χ0n) is 13.6. The lowest BCUT2D eigenvalue weighted by atomic mass is 9.95. The normalized spacial score (nSPS) is 12.8. The highest BCUT2D eigenvalue weighted by Gasteiger charge is 2.16. The van der Waals surface area contributed by atoms with Crippen molar-refractivity contribution in [3.8, 4) is 0 Å². The molecule has 1 atom stereocenters. The van der Waals surface area contributed by atoms with E-state index in [1.54, 1.807) is 0 Å². The van der Waals surface area contributed by atoms with Crippen LogP contribution >= 0.6 is 0 Å². The van der Waals surface area contributed by atoms with E-state index >= 15 is 0 Å². The Bertz CT molecular complexity index is 559. The molecule has 5 nitrogen and oxygen atoms in total. The highest BCUT2D eigenvalue weighted by molar-refractivity contribution is 5.65. The van der Waals surface area contributed by atoms with Crippen LogP contribution in [0.25, 0.3) is 5.65 Å². The molecule has 21 heavy (non-hydrogen) atoms. The van der Waals surface area contributed by atoms with Crippen molar-refractivity contribution in [2.45, 2.75) is 53.0 Å². The van der Waals surface area contributed by atoms with Gasteiger partial charge in [-0.2, -0.15) is 0 Å². The second-order valence-corrected chi connectivity index (χ2v) is 5.57. The third-order valence-corrected chi connectivity index (χ3v) is 4.05. The largest absolute Gasteiger partial charge is 0.369 e. The van der Waals surface area contributed by atoms with Gasteiger partial charge in [0.25, 0.3) is 0 Å². The standard InChI is InChI=1S/C16H27N5/c1-5-8-17-14-11-21-10-9-18-16(21)15(20-14)19-12(4)13(6-2)7-3/h9-13,17H,5-8H2,1-4H3,(H,19,20). The molecule has 2 heterocycles. The number of hydrogen-bond donors (Lipinski definition) is 2. The molecule has 0 saturated heterocycles. The van der Waals surface area contributed by atoms with E-state index in [0.29, 0.717) is 12.0 Å². The maximum Gasteiger partial charge on any atom is 0.180 e. The molecule has 0 aliphatic heterocycles. The van der Waals surface area contributed by atoms with Gasteiger partial charge in [0.15, 0.2) is 11.5 Å². The predicted octanol–water partition coefficient (Wildman–Crippen LogP) is 3.79. The molecule has 0 aliphatic rings. The first kappa shape index (κ1) is 15.6. The molecular formula is C16H27N5. The molecule has 2 aromatic rings. The smallest absolute Gasteiger partial charge is 0.180 e. The summed E-state index contributed by atoms with van der Waals surface area (Å²) in [5, 5.41) is 6.90. The van der Waals surface area contributed by atoms with Gasteiger partial charge in [-0.1, -0.05) is 33.6 Å². The minimum absolute atomic E-state index is 0.384. The lowest BCUT2D eigenvalue weighted by molar-refractivity contribution is 0.437. The topological polar surface area (TPSA) is 54.2 Å². The average molecular weight is 289 g/mol. The summed E-state index contributed by atoms with van der Waals surface area (Å²) in [6.45, 7) is 9.78. The summed E-state index contributed by atoms with van der Waals surface area (Å²) in [7, 11) is 0. The summed E-state index contributed by atoms with van der Waals surface area (Å²) in [5.41, 5.74) is 0.884. The van der Waals surface area contributed by atoms with E-state index in [9.17, 15) is 0 Å². The van der Waals surface area contributed by atoms with Crippen LogP contribution in [0.5, 0.6) is 0 Å². The quantitative estimate of drug-likeness (QED) is 0.776. The van der Waals surface area contributed by atoms with Crippen LogP contribution in [0.2, 0.25) is 0 Å². The Labute approximate surface area is 127 Å². The molecule has 1 unspecified atom stereocenters. The number of anilines is 2. The van der Waals surface area contributed by atoms with Gasteiger partial charge < -0.3 is 15.0 Å². The number of fused-ring (bicyclic) bond motifs is 1. The zero-order chi connectivity index (χ0) is 15.2. The summed E-state index contributed by atoms with van der Waals surface area (Å²) in [6, 6.07) is 0.384. The summed E-state index contributed by atoms with van der Waals surface area (Å²) < 4.78 is 2.02. The number of imidazole rings is 1. The third-order valence-electron chi connectivity index (χ3n) is 4.05. The first-order valence-corrected chi connectivity index (χ1v) is 8.03. The third kappa shape index (κ3) is 3.65. The molecule has 0 radical (unpaired) electrons. The van der Waals surface area contributed by atoms with Crippen molar-refractivity contribution in [3.63, 3.8) is 0 Å². The van der Waals surface area contributed by atoms with Gasteiger partial charge in [-0.3, -0.25) is 0 Å². The Hall–Kier alpha value is -1.78. The van der Waals surface area contributed by atoms with Gasteiger partial charge >= 0.3 is 0 Å². The van der Waals surface area contributed by atoms with Crippen LogP contribution in [0, 0.1) is 5.92 Å². The Morgan fingerprint density at radius 2 is 2.00 bits per heavy atom. The number of rotatable bonds is 8. The van der Waals surface area contributed by atoms with Crippen LogP contribution in [0.15, 0.2) is 18.6 Å². The molecule has 2 rings (SSSR count). The molecule has 0 bridgehead atoms. The van der Waals surface area contributed by atoms with Crippen molar-refractivity contribution in [2.75, 3.05) is 17.2 Å². The summed E-state index contributed by atoms with van der Waals surface area (Å²) in [6.07, 6.45) is 9.18. The molecule has 0 spiro atoms. The lowest BCUT2D eigenvalue weighted by Crippen LogP contribution is -2.26. The van der Waals surface area contributed by atoms with E-state index in [0.717, 1.165) is 30.2 Å². The van der Waals surface area contributed by atoms with Crippen molar-refractivity contribution in [1.29, 1.82) is 0 Å². The van der Waals surface area contributed by atoms with Gasteiger partial charge in [0.2, 0.25) is 0 Å². The van der Waals surface area contributed by atoms with Crippen LogP contribution in [0.3, 0.4) is 0 Å². The molecule has 2 aromatic heterocycles. The highest BCUT2D eigenvalue weighted by atomic mass is 15.2. The van der Waals surface area contributed by atoms with Gasteiger partial charge in [0.1, 0.15) is 5.82 Å². The van der Waals surface area contributed by atoms with E-state index in [-0.39, 0.29) is 0 Å². The number of nitrogens with zero attached hydrogens (tertiary/aromatic N) is 3. The predicted molar refractivity (Wildman–Crippen MR) is 88.9 cm³/mol. The van der Waals surface area contributed by atoms with Crippen LogP contribution in [-0.4, -0.2) is 27.0 Å². The second kappa shape index (κ2) is 7.29. The summed E-state index contributed by atoms with van der Waals surface area (Å²) in [4.78, 5) is 9.11. The maximum absolute atomic E-state index is 4.70. The molecule has 0 aromatic carbocycles. The van der Waals surface area contributed by atoms with Gasteiger partial charge in [0, 0.05) is 25.0 Å². The van der Waals surface area contributed by atoms with Crippen molar-refractivity contribution < 1.29 is 0 Å². The van der Waals surface area contributed by atoms with Gasteiger partial charge in [-0.05, 0) is 19.3 Å². The van der Waals surface area contributed by atoms with E-state index in [1.807, 2.05) is 23.0 Å². The monoisotopic (exact) mass is 289 g/mol. The fourth-order valence-electron chi connectivity index (χ4n) is 2.70. The fraction of sp³-hybridized carbons (Fsp3) is 0.625. The highest BCUT2D eigenvalue weighted by Crippen LogP contribution is 2.21. The van der Waals surface area contributed by atoms with Crippen molar-refractivity contribution in [3.05, 3.63) is 18.6 Å².